The van der Waals surface area contributed by atoms with E-state index in [4.69, 9.17) is 9.16 Å². The Morgan fingerprint density at radius 1 is 1.05 bits per heavy atom. The summed E-state index contributed by atoms with van der Waals surface area (Å²) in [7, 11) is -2.02. The lowest BCUT2D eigenvalue weighted by atomic mass is 9.70. The molecule has 38 heavy (non-hydrogen) atoms. The number of allylic oxidation sites excluding steroid dienone is 2. The van der Waals surface area contributed by atoms with Crippen molar-refractivity contribution in [2.45, 2.75) is 135 Å². The molecule has 4 fully saturated rings. The van der Waals surface area contributed by atoms with Crippen LogP contribution >= 0.6 is 0 Å². The Balaban J connectivity index is 1.50. The van der Waals surface area contributed by atoms with Crippen molar-refractivity contribution in [1.82, 2.24) is 0 Å². The Bertz CT molecular complexity index is 873. The van der Waals surface area contributed by atoms with E-state index in [0.717, 1.165) is 31.6 Å². The van der Waals surface area contributed by atoms with Gasteiger partial charge in [-0.05, 0) is 94.3 Å². The Labute approximate surface area is 232 Å². The zero-order valence-electron chi connectivity index (χ0n) is 25.0. The lowest BCUT2D eigenvalue weighted by Crippen LogP contribution is -2.45. The summed E-state index contributed by atoms with van der Waals surface area (Å²) in [5.41, 5.74) is -0.985. The van der Waals surface area contributed by atoms with Gasteiger partial charge in [0.05, 0.1) is 23.9 Å². The number of fused-ring (bicyclic) bond motifs is 1. The highest BCUT2D eigenvalue weighted by Crippen LogP contribution is 2.56. The van der Waals surface area contributed by atoms with Crippen molar-refractivity contribution >= 4 is 20.1 Å². The number of aliphatic hydroxyl groups is 1. The van der Waals surface area contributed by atoms with Crippen molar-refractivity contribution in [2.75, 3.05) is 6.61 Å². The van der Waals surface area contributed by atoms with Crippen molar-refractivity contribution in [2.24, 2.45) is 35.5 Å². The number of carbonyl (C=O) groups excluding carboxylic acids is 2. The molecule has 0 aromatic rings. The minimum absolute atomic E-state index is 0.0397. The molecule has 2 unspecified atom stereocenters. The van der Waals surface area contributed by atoms with Crippen LogP contribution in [0, 0.1) is 35.5 Å². The number of ether oxygens (including phenoxy) is 1. The first-order valence-corrected chi connectivity index (χ1v) is 18.6. The molecule has 4 aliphatic rings. The van der Waals surface area contributed by atoms with Gasteiger partial charge in [-0.25, -0.2) is 0 Å². The molecule has 0 amide bonds. The minimum atomic E-state index is -2.02. The molecule has 4 saturated carbocycles. The average Bonchev–Trinajstić information content (AvgIpc) is 3.43. The second kappa shape index (κ2) is 11.8. The molecule has 216 valence electrons. The number of carbonyl (C=O) groups is 2. The number of ketones is 1. The van der Waals surface area contributed by atoms with Crippen LogP contribution in [0.15, 0.2) is 11.8 Å². The number of hydrogen-bond donors (Lipinski definition) is 1. The number of hydrogen-bond acceptors (Lipinski definition) is 5. The van der Waals surface area contributed by atoms with Crippen LogP contribution in [-0.2, 0) is 18.8 Å². The fraction of sp³-hybridized carbons (Fsp3) is 0.875. The van der Waals surface area contributed by atoms with E-state index in [-0.39, 0.29) is 46.4 Å². The van der Waals surface area contributed by atoms with Gasteiger partial charge >= 0.3 is 5.97 Å². The van der Waals surface area contributed by atoms with Gasteiger partial charge in [0.25, 0.3) is 0 Å². The highest BCUT2D eigenvalue weighted by molar-refractivity contribution is 6.74. The van der Waals surface area contributed by atoms with Crippen LogP contribution in [0.5, 0.6) is 0 Å². The largest absolute Gasteiger partial charge is 0.547 e. The molecule has 1 N–H and O–H groups in total. The van der Waals surface area contributed by atoms with Crippen molar-refractivity contribution in [3.63, 3.8) is 0 Å². The predicted octanol–water partition coefficient (Wildman–Crippen LogP) is 7.58. The van der Waals surface area contributed by atoms with E-state index in [2.05, 4.69) is 39.9 Å². The molecule has 0 aromatic carbocycles. The highest BCUT2D eigenvalue weighted by atomic mass is 28.4. The highest BCUT2D eigenvalue weighted by Gasteiger charge is 2.57. The van der Waals surface area contributed by atoms with E-state index in [0.29, 0.717) is 32.3 Å². The molecule has 0 radical (unpaired) electrons. The summed E-state index contributed by atoms with van der Waals surface area (Å²) in [6, 6.07) is 0. The lowest BCUT2D eigenvalue weighted by molar-refractivity contribution is -0.153. The molecule has 0 bridgehead atoms. The SMILES string of the molecule is CCOC(=O)C1CCC(O)([C@H]2CC3C(CC[C@@H]3/C(=C\CC3CCCCC3)O[Si](C)(C)C(C)(C)C)C2=O)CC1. The van der Waals surface area contributed by atoms with E-state index in [1.807, 2.05) is 6.92 Å². The number of Topliss-reactive ketones (excluding diaryl/α,β-unsaturated/α-hetero) is 1. The number of rotatable bonds is 8. The van der Waals surface area contributed by atoms with E-state index in [9.17, 15) is 14.7 Å². The van der Waals surface area contributed by atoms with Gasteiger partial charge in [0.15, 0.2) is 0 Å². The van der Waals surface area contributed by atoms with E-state index >= 15 is 0 Å². The van der Waals surface area contributed by atoms with Gasteiger partial charge in [0.1, 0.15) is 5.78 Å². The van der Waals surface area contributed by atoms with Crippen LogP contribution in [0.25, 0.3) is 0 Å². The third kappa shape index (κ3) is 6.27. The summed E-state index contributed by atoms with van der Waals surface area (Å²) in [6.07, 6.45) is 15.2. The quantitative estimate of drug-likeness (QED) is 0.193. The summed E-state index contributed by atoms with van der Waals surface area (Å²) >= 11 is 0. The molecule has 4 rings (SSSR count). The molecule has 0 spiro atoms. The maximum atomic E-state index is 13.7. The second-order valence-electron chi connectivity index (χ2n) is 14.5. The maximum absolute atomic E-state index is 13.7. The van der Waals surface area contributed by atoms with E-state index in [1.54, 1.807) is 0 Å². The fourth-order valence-corrected chi connectivity index (χ4v) is 8.75. The summed E-state index contributed by atoms with van der Waals surface area (Å²) < 4.78 is 12.3. The zero-order chi connectivity index (χ0) is 27.7. The smallest absolute Gasteiger partial charge is 0.308 e. The van der Waals surface area contributed by atoms with Gasteiger partial charge in [-0.2, -0.15) is 0 Å². The third-order valence-corrected chi connectivity index (χ3v) is 15.4. The molecule has 0 heterocycles. The van der Waals surface area contributed by atoms with E-state index < -0.39 is 13.9 Å². The lowest BCUT2D eigenvalue weighted by Gasteiger charge is -2.40. The molecular weight excluding hydrogens is 492 g/mol. The Morgan fingerprint density at radius 2 is 1.71 bits per heavy atom. The van der Waals surface area contributed by atoms with Crippen molar-refractivity contribution in [3.05, 3.63) is 11.8 Å². The molecule has 4 aliphatic carbocycles. The monoisotopic (exact) mass is 546 g/mol. The standard InChI is InChI=1S/C32H54O5Si/c1-7-36-30(34)23-17-19-32(35,20-18-23)27-21-26-24(14-15-25(26)29(27)33)28(37-38(5,6)31(2,3)4)16-13-22-11-9-8-10-12-22/h16,22-27,35H,7-15,17-21H2,1-6H3/b28-16+/t23?,24-,25?,26?,27-,32?/m0/s1. The van der Waals surface area contributed by atoms with Gasteiger partial charge < -0.3 is 14.3 Å². The first-order chi connectivity index (χ1) is 17.9. The van der Waals surface area contributed by atoms with Crippen LogP contribution in [0.2, 0.25) is 18.1 Å². The first kappa shape index (κ1) is 29.8. The molecular formula is C32H54O5Si. The van der Waals surface area contributed by atoms with Crippen LogP contribution < -0.4 is 0 Å². The van der Waals surface area contributed by atoms with Gasteiger partial charge in [-0.1, -0.05) is 52.9 Å². The Hall–Kier alpha value is -1.14. The fourth-order valence-electron chi connectivity index (χ4n) is 7.62. The predicted molar refractivity (Wildman–Crippen MR) is 154 cm³/mol. The zero-order valence-corrected chi connectivity index (χ0v) is 26.0. The molecule has 0 aromatic heterocycles. The second-order valence-corrected chi connectivity index (χ2v) is 19.2. The third-order valence-electron chi connectivity index (χ3n) is 11.1. The van der Waals surface area contributed by atoms with Crippen LogP contribution in [0.4, 0.5) is 0 Å². The van der Waals surface area contributed by atoms with Crippen molar-refractivity contribution in [1.29, 1.82) is 0 Å². The van der Waals surface area contributed by atoms with Crippen molar-refractivity contribution < 1.29 is 23.9 Å². The Kier molecular flexibility index (Phi) is 9.23. The normalized spacial score (nSPS) is 35.3. The minimum Gasteiger partial charge on any atom is -0.547 e. The van der Waals surface area contributed by atoms with E-state index in [1.165, 1.54) is 37.9 Å². The molecule has 0 saturated heterocycles. The molecule has 0 aliphatic heterocycles. The average molecular weight is 547 g/mol. The number of esters is 1. The summed E-state index contributed by atoms with van der Waals surface area (Å²) in [6.45, 7) is 13.8. The maximum Gasteiger partial charge on any atom is 0.308 e. The van der Waals surface area contributed by atoms with Gasteiger partial charge in [0.2, 0.25) is 8.32 Å². The van der Waals surface area contributed by atoms with Crippen LogP contribution in [-0.4, -0.2) is 37.4 Å². The van der Waals surface area contributed by atoms with Crippen LogP contribution in [0.1, 0.15) is 111 Å². The summed E-state index contributed by atoms with van der Waals surface area (Å²) in [4.78, 5) is 26.0. The Morgan fingerprint density at radius 3 is 2.32 bits per heavy atom. The van der Waals surface area contributed by atoms with Gasteiger partial charge in [-0.15, -0.1) is 0 Å². The topological polar surface area (TPSA) is 72.8 Å². The van der Waals surface area contributed by atoms with Crippen LogP contribution in [0.3, 0.4) is 0 Å². The summed E-state index contributed by atoms with van der Waals surface area (Å²) in [5.74, 6) is 2.18. The summed E-state index contributed by atoms with van der Waals surface area (Å²) in [5, 5.41) is 11.8. The molecule has 5 nitrogen and oxygen atoms in total. The first-order valence-electron chi connectivity index (χ1n) is 15.7. The van der Waals surface area contributed by atoms with Gasteiger partial charge in [-0.3, -0.25) is 9.59 Å². The molecule has 4 atom stereocenters. The van der Waals surface area contributed by atoms with Gasteiger partial charge in [0, 0.05) is 17.8 Å². The molecule has 6 heteroatoms. The van der Waals surface area contributed by atoms with Crippen molar-refractivity contribution in [3.8, 4) is 0 Å².